The van der Waals surface area contributed by atoms with Crippen molar-refractivity contribution in [1.29, 1.82) is 0 Å². The molecule has 1 aromatic carbocycles. The Morgan fingerprint density at radius 2 is 2.11 bits per heavy atom. The molecule has 0 unspecified atom stereocenters. The van der Waals surface area contributed by atoms with Gasteiger partial charge < -0.3 is 17.4 Å². The summed E-state index contributed by atoms with van der Waals surface area (Å²) >= 11 is 5.65. The number of rotatable bonds is 2. The summed E-state index contributed by atoms with van der Waals surface area (Å²) in [6, 6.07) is 7.83. The molecule has 0 spiro atoms. The van der Waals surface area contributed by atoms with Gasteiger partial charge in [0.25, 0.3) is 0 Å². The monoisotopic (exact) mass is 283 g/mol. The van der Waals surface area contributed by atoms with Crippen molar-refractivity contribution < 1.29 is 17.4 Å². The smallest absolute Gasteiger partial charge is 0.361 e. The third kappa shape index (κ3) is 1.87. The lowest BCUT2D eigenvalue weighted by Gasteiger charge is -1.93. The van der Waals surface area contributed by atoms with E-state index >= 15 is 0 Å². The molecule has 0 aliphatic rings. The summed E-state index contributed by atoms with van der Waals surface area (Å²) in [6.07, 6.45) is 1.67. The molecule has 2 heterocycles. The second-order valence-electron chi connectivity index (χ2n) is 3.88. The average Bonchev–Trinajstić information content (AvgIpc) is 2.73. The van der Waals surface area contributed by atoms with Crippen LogP contribution in [0.2, 0.25) is 0 Å². The highest BCUT2D eigenvalue weighted by molar-refractivity contribution is 6.17. The Morgan fingerprint density at radius 1 is 1.33 bits per heavy atom. The predicted molar refractivity (Wildman–Crippen MR) is 67.3 cm³/mol. The minimum atomic E-state index is -0.0457. The first kappa shape index (κ1) is 12.9. The molecule has 0 aliphatic heterocycles. The summed E-state index contributed by atoms with van der Waals surface area (Å²) in [5.41, 5.74) is 2.35. The van der Waals surface area contributed by atoms with E-state index in [9.17, 15) is 4.79 Å². The molecule has 0 amide bonds. The molecule has 3 aromatic rings. The summed E-state index contributed by atoms with van der Waals surface area (Å²) in [6.45, 7) is 0.502. The number of nitrogens with zero attached hydrogens (tertiary/aromatic N) is 1. The zero-order valence-electron chi connectivity index (χ0n) is 9.41. The first-order valence-corrected chi connectivity index (χ1v) is 5.92. The number of aromatic nitrogens is 3. The average molecular weight is 284 g/mol. The first-order valence-electron chi connectivity index (χ1n) is 5.39. The van der Waals surface area contributed by atoms with Crippen LogP contribution in [0.1, 0.15) is 0 Å². The third-order valence-electron chi connectivity index (χ3n) is 2.87. The molecule has 2 N–H and O–H groups in total. The number of hydrogen-bond acceptors (Lipinski definition) is 1. The van der Waals surface area contributed by atoms with E-state index < -0.39 is 0 Å². The van der Waals surface area contributed by atoms with Crippen LogP contribution in [0.25, 0.3) is 21.9 Å². The largest absolute Gasteiger partial charge is 1.00 e. The van der Waals surface area contributed by atoms with Crippen LogP contribution in [0, 0.1) is 0 Å². The van der Waals surface area contributed by atoms with Gasteiger partial charge in [0.05, 0.1) is 11.4 Å². The predicted octanol–water partition coefficient (Wildman–Crippen LogP) is -1.46. The summed E-state index contributed by atoms with van der Waals surface area (Å²) in [5.74, 6) is 0.416. The van der Waals surface area contributed by atoms with Crippen LogP contribution in [-0.4, -0.2) is 15.4 Å². The second kappa shape index (κ2) is 5.00. The molecular formula is C12H11Cl2N3O. The van der Waals surface area contributed by atoms with E-state index in [1.807, 2.05) is 24.3 Å². The Morgan fingerprint density at radius 3 is 2.89 bits per heavy atom. The molecule has 4 nitrogen and oxygen atoms in total. The maximum Gasteiger partial charge on any atom is 0.361 e. The number of aryl methyl sites for hydroxylation is 1. The fraction of sp³-hybridized carbons (Fsp3) is 0.167. The first-order chi connectivity index (χ1) is 8.31. The van der Waals surface area contributed by atoms with E-state index in [0.717, 1.165) is 16.4 Å². The number of alkyl halides is 1. The van der Waals surface area contributed by atoms with Gasteiger partial charge in [0, 0.05) is 5.39 Å². The number of halogens is 2. The standard InChI is InChI=1S/C12H10ClN3O.ClH/c13-5-6-16-7-14-10-8-3-1-2-4-9(8)15-11(10)12(16)17;/h1-4,7,15H,5-6H2;1H. The Hall–Kier alpha value is -1.52. The number of fused-ring (bicyclic) bond motifs is 3. The van der Waals surface area contributed by atoms with E-state index in [1.165, 1.54) is 0 Å². The Balaban J connectivity index is 0.00000120. The van der Waals surface area contributed by atoms with Gasteiger partial charge in [0.15, 0.2) is 11.0 Å². The van der Waals surface area contributed by atoms with Gasteiger partial charge in [-0.15, -0.1) is 11.6 Å². The molecule has 0 saturated carbocycles. The van der Waals surface area contributed by atoms with Gasteiger partial charge in [-0.3, -0.25) is 0 Å². The molecular weight excluding hydrogens is 273 g/mol. The van der Waals surface area contributed by atoms with Crippen LogP contribution in [-0.2, 0) is 6.54 Å². The number of aromatic amines is 2. The van der Waals surface area contributed by atoms with Crippen LogP contribution in [0.3, 0.4) is 0 Å². The minimum absolute atomic E-state index is 0. The number of hydrogen-bond donors (Lipinski definition) is 1. The zero-order chi connectivity index (χ0) is 11.8. The van der Waals surface area contributed by atoms with Gasteiger partial charge in [-0.25, -0.2) is 9.78 Å². The second-order valence-corrected chi connectivity index (χ2v) is 4.26. The fourth-order valence-electron chi connectivity index (χ4n) is 2.05. The van der Waals surface area contributed by atoms with E-state index in [1.54, 1.807) is 10.9 Å². The Kier molecular flexibility index (Phi) is 3.59. The Bertz CT molecular complexity index is 748. The third-order valence-corrected chi connectivity index (χ3v) is 3.04. The van der Waals surface area contributed by atoms with E-state index in [2.05, 4.69) is 9.97 Å². The van der Waals surface area contributed by atoms with Crippen molar-refractivity contribution in [2.24, 2.45) is 0 Å². The summed E-state index contributed by atoms with van der Waals surface area (Å²) in [7, 11) is 0. The van der Waals surface area contributed by atoms with Gasteiger partial charge in [-0.05, 0) is 12.1 Å². The van der Waals surface area contributed by atoms with E-state index in [0.29, 0.717) is 17.9 Å². The number of nitrogens with one attached hydrogen (secondary N) is 2. The maximum atomic E-state index is 12.1. The normalized spacial score (nSPS) is 10.7. The van der Waals surface area contributed by atoms with Gasteiger partial charge in [-0.2, -0.15) is 4.57 Å². The fourth-order valence-corrected chi connectivity index (χ4v) is 2.24. The maximum absolute atomic E-state index is 12.1. The SMILES string of the molecule is O=c1c2[nH]c3ccccc3c2[nH+]cn1CCCl.[Cl-]. The summed E-state index contributed by atoms with van der Waals surface area (Å²) < 4.78 is 1.57. The van der Waals surface area contributed by atoms with Crippen molar-refractivity contribution in [3.05, 3.63) is 40.9 Å². The quantitative estimate of drug-likeness (QED) is 0.575. The van der Waals surface area contributed by atoms with Crippen molar-refractivity contribution in [2.75, 3.05) is 5.88 Å². The van der Waals surface area contributed by atoms with Gasteiger partial charge in [0.1, 0.15) is 6.54 Å². The van der Waals surface area contributed by atoms with Gasteiger partial charge in [0.2, 0.25) is 6.33 Å². The molecule has 0 aliphatic carbocycles. The van der Waals surface area contributed by atoms with Gasteiger partial charge >= 0.3 is 5.56 Å². The molecule has 0 atom stereocenters. The van der Waals surface area contributed by atoms with Crippen LogP contribution in [0.4, 0.5) is 0 Å². The lowest BCUT2D eigenvalue weighted by molar-refractivity contribution is -0.352. The molecule has 6 heteroatoms. The summed E-state index contributed by atoms with van der Waals surface area (Å²) in [4.78, 5) is 18.4. The number of benzene rings is 1. The molecule has 0 fully saturated rings. The molecule has 0 saturated heterocycles. The summed E-state index contributed by atoms with van der Waals surface area (Å²) in [5, 5.41) is 1.03. The van der Waals surface area contributed by atoms with Crippen molar-refractivity contribution in [3.63, 3.8) is 0 Å². The topological polar surface area (TPSA) is 51.9 Å². The van der Waals surface area contributed by atoms with Crippen molar-refractivity contribution in [3.8, 4) is 0 Å². The molecule has 3 rings (SSSR count). The zero-order valence-corrected chi connectivity index (χ0v) is 10.9. The molecule has 0 bridgehead atoms. The highest BCUT2D eigenvalue weighted by atomic mass is 35.5. The van der Waals surface area contributed by atoms with Crippen LogP contribution < -0.4 is 23.0 Å². The van der Waals surface area contributed by atoms with Crippen LogP contribution in [0.5, 0.6) is 0 Å². The highest BCUT2D eigenvalue weighted by Gasteiger charge is 2.14. The minimum Gasteiger partial charge on any atom is -1.00 e. The lowest BCUT2D eigenvalue weighted by atomic mass is 10.2. The molecule has 94 valence electrons. The van der Waals surface area contributed by atoms with E-state index in [4.69, 9.17) is 11.6 Å². The number of H-pyrrole nitrogens is 2. The lowest BCUT2D eigenvalue weighted by Crippen LogP contribution is -3.00. The molecule has 2 aromatic heterocycles. The van der Waals surface area contributed by atoms with Crippen molar-refractivity contribution in [2.45, 2.75) is 6.54 Å². The van der Waals surface area contributed by atoms with Gasteiger partial charge in [-0.1, -0.05) is 12.1 Å². The van der Waals surface area contributed by atoms with Crippen molar-refractivity contribution >= 4 is 33.5 Å². The van der Waals surface area contributed by atoms with Crippen LogP contribution >= 0.6 is 11.6 Å². The Labute approximate surface area is 114 Å². The highest BCUT2D eigenvalue weighted by Crippen LogP contribution is 2.18. The molecule has 18 heavy (non-hydrogen) atoms. The van der Waals surface area contributed by atoms with Crippen LogP contribution in [0.15, 0.2) is 35.4 Å². The van der Waals surface area contributed by atoms with Crippen molar-refractivity contribution in [1.82, 2.24) is 9.55 Å². The van der Waals surface area contributed by atoms with E-state index in [-0.39, 0.29) is 18.0 Å². The molecule has 0 radical (unpaired) electrons. The number of para-hydroxylation sites is 1.